The maximum atomic E-state index is 13.7. The second-order valence-corrected chi connectivity index (χ2v) is 5.10. The molecule has 2 rings (SSSR count). The summed E-state index contributed by atoms with van der Waals surface area (Å²) in [6, 6.07) is 13.8. The molecular formula is C17H19FN2O. The molecule has 21 heavy (non-hydrogen) atoms. The summed E-state index contributed by atoms with van der Waals surface area (Å²) in [5, 5.41) is 2.53. The molecule has 3 nitrogen and oxygen atoms in total. The van der Waals surface area contributed by atoms with Gasteiger partial charge in [-0.05, 0) is 43.0 Å². The van der Waals surface area contributed by atoms with E-state index in [4.69, 9.17) is 5.73 Å². The van der Waals surface area contributed by atoms with Crippen molar-refractivity contribution >= 4 is 11.6 Å². The Morgan fingerprint density at radius 1 is 1.24 bits per heavy atom. The number of carbonyl (C=O) groups excluding carboxylic acids is 1. The van der Waals surface area contributed by atoms with E-state index in [1.54, 1.807) is 19.1 Å². The van der Waals surface area contributed by atoms with Crippen molar-refractivity contribution in [2.24, 2.45) is 5.73 Å². The zero-order valence-electron chi connectivity index (χ0n) is 12.0. The van der Waals surface area contributed by atoms with Gasteiger partial charge < -0.3 is 11.1 Å². The van der Waals surface area contributed by atoms with Crippen molar-refractivity contribution in [3.63, 3.8) is 0 Å². The van der Waals surface area contributed by atoms with Gasteiger partial charge in [-0.15, -0.1) is 0 Å². The topological polar surface area (TPSA) is 55.1 Å². The minimum absolute atomic E-state index is 0.167. The van der Waals surface area contributed by atoms with Gasteiger partial charge in [0.2, 0.25) is 5.91 Å². The highest BCUT2D eigenvalue weighted by Gasteiger charge is 2.15. The van der Waals surface area contributed by atoms with E-state index in [2.05, 4.69) is 5.32 Å². The van der Waals surface area contributed by atoms with Crippen LogP contribution in [0.1, 0.15) is 17.5 Å². The van der Waals surface area contributed by atoms with Crippen LogP contribution in [0.4, 0.5) is 10.1 Å². The number of rotatable bonds is 5. The smallest absolute Gasteiger partial charge is 0.241 e. The summed E-state index contributed by atoms with van der Waals surface area (Å²) in [4.78, 5) is 12.0. The fourth-order valence-corrected chi connectivity index (χ4v) is 2.04. The largest absolute Gasteiger partial charge is 0.322 e. The first-order chi connectivity index (χ1) is 10.1. The Morgan fingerprint density at radius 3 is 2.62 bits per heavy atom. The summed E-state index contributed by atoms with van der Waals surface area (Å²) in [7, 11) is 0. The molecule has 4 heteroatoms. The highest BCUT2D eigenvalue weighted by molar-refractivity contribution is 5.94. The van der Waals surface area contributed by atoms with Crippen LogP contribution in [0.3, 0.4) is 0 Å². The predicted molar refractivity (Wildman–Crippen MR) is 82.5 cm³/mol. The molecule has 1 unspecified atom stereocenters. The van der Waals surface area contributed by atoms with E-state index in [1.165, 1.54) is 6.07 Å². The van der Waals surface area contributed by atoms with E-state index >= 15 is 0 Å². The third-order valence-electron chi connectivity index (χ3n) is 3.31. The third-order valence-corrected chi connectivity index (χ3v) is 3.31. The summed E-state index contributed by atoms with van der Waals surface area (Å²) in [6.45, 7) is 1.79. The molecule has 0 aliphatic carbocycles. The van der Waals surface area contributed by atoms with E-state index in [0.717, 1.165) is 11.1 Å². The van der Waals surface area contributed by atoms with Crippen LogP contribution >= 0.6 is 0 Å². The van der Waals surface area contributed by atoms with Gasteiger partial charge in [0.25, 0.3) is 0 Å². The molecule has 0 aromatic heterocycles. The average molecular weight is 286 g/mol. The number of amides is 1. The lowest BCUT2D eigenvalue weighted by Crippen LogP contribution is -2.36. The zero-order valence-corrected chi connectivity index (χ0v) is 12.0. The maximum Gasteiger partial charge on any atom is 0.241 e. The van der Waals surface area contributed by atoms with E-state index in [9.17, 15) is 9.18 Å². The van der Waals surface area contributed by atoms with Crippen LogP contribution < -0.4 is 11.1 Å². The molecular weight excluding hydrogens is 267 g/mol. The van der Waals surface area contributed by atoms with Gasteiger partial charge in [0.05, 0.1) is 11.7 Å². The van der Waals surface area contributed by atoms with Crippen molar-refractivity contribution in [1.29, 1.82) is 0 Å². The van der Waals surface area contributed by atoms with Gasteiger partial charge in [-0.3, -0.25) is 4.79 Å². The summed E-state index contributed by atoms with van der Waals surface area (Å²) < 4.78 is 13.7. The van der Waals surface area contributed by atoms with E-state index in [0.29, 0.717) is 12.8 Å². The molecule has 2 aromatic rings. The minimum Gasteiger partial charge on any atom is -0.322 e. The SMILES string of the molecule is Cc1ccc(NC(=O)C(N)CCc2ccccc2)c(F)c1. The Morgan fingerprint density at radius 2 is 1.95 bits per heavy atom. The lowest BCUT2D eigenvalue weighted by molar-refractivity contribution is -0.117. The summed E-state index contributed by atoms with van der Waals surface area (Å²) >= 11 is 0. The Balaban J connectivity index is 1.90. The fourth-order valence-electron chi connectivity index (χ4n) is 2.04. The number of halogens is 1. The standard InChI is InChI=1S/C17H19FN2O/c1-12-7-10-16(14(18)11-12)20-17(21)15(19)9-8-13-5-3-2-4-6-13/h2-7,10-11,15H,8-9,19H2,1H3,(H,20,21). The predicted octanol–water partition coefficient (Wildman–Crippen LogP) is 3.03. The second-order valence-electron chi connectivity index (χ2n) is 5.10. The molecule has 2 aromatic carbocycles. The molecule has 1 amide bonds. The van der Waals surface area contributed by atoms with Crippen molar-refractivity contribution < 1.29 is 9.18 Å². The quantitative estimate of drug-likeness (QED) is 0.887. The molecule has 0 aliphatic rings. The number of nitrogens with one attached hydrogen (secondary N) is 1. The number of nitrogens with two attached hydrogens (primary N) is 1. The minimum atomic E-state index is -0.661. The summed E-state index contributed by atoms with van der Waals surface area (Å²) in [6.07, 6.45) is 1.23. The van der Waals surface area contributed by atoms with Gasteiger partial charge in [0.15, 0.2) is 0 Å². The molecule has 110 valence electrons. The second kappa shape index (κ2) is 6.99. The molecule has 0 aliphatic heterocycles. The van der Waals surface area contributed by atoms with Crippen molar-refractivity contribution in [1.82, 2.24) is 0 Å². The molecule has 0 saturated heterocycles. The van der Waals surface area contributed by atoms with Crippen molar-refractivity contribution in [3.05, 3.63) is 65.5 Å². The van der Waals surface area contributed by atoms with E-state index in [-0.39, 0.29) is 11.6 Å². The molecule has 0 radical (unpaired) electrons. The summed E-state index contributed by atoms with van der Waals surface area (Å²) in [5.41, 5.74) is 7.96. The number of carbonyl (C=O) groups is 1. The van der Waals surface area contributed by atoms with Crippen LogP contribution in [0, 0.1) is 12.7 Å². The first-order valence-electron chi connectivity index (χ1n) is 6.93. The van der Waals surface area contributed by atoms with E-state index in [1.807, 2.05) is 30.3 Å². The third kappa shape index (κ3) is 4.39. The first kappa shape index (κ1) is 15.2. The maximum absolute atomic E-state index is 13.7. The van der Waals surface area contributed by atoms with Gasteiger partial charge in [0, 0.05) is 0 Å². The Hall–Kier alpha value is -2.20. The molecule has 3 N–H and O–H groups in total. The number of benzene rings is 2. The fraction of sp³-hybridized carbons (Fsp3) is 0.235. The van der Waals surface area contributed by atoms with Crippen molar-refractivity contribution in [3.8, 4) is 0 Å². The van der Waals surface area contributed by atoms with Crippen LogP contribution in [0.5, 0.6) is 0 Å². The van der Waals surface area contributed by atoms with Crippen molar-refractivity contribution in [2.75, 3.05) is 5.32 Å². The molecule has 0 bridgehead atoms. The summed E-state index contributed by atoms with van der Waals surface area (Å²) in [5.74, 6) is -0.813. The zero-order chi connectivity index (χ0) is 15.2. The van der Waals surface area contributed by atoms with Gasteiger partial charge in [-0.2, -0.15) is 0 Å². The molecule has 0 heterocycles. The lowest BCUT2D eigenvalue weighted by Gasteiger charge is -2.13. The Bertz CT molecular complexity index is 613. The van der Waals surface area contributed by atoms with E-state index < -0.39 is 11.9 Å². The van der Waals surface area contributed by atoms with Crippen LogP contribution in [0.2, 0.25) is 0 Å². The first-order valence-corrected chi connectivity index (χ1v) is 6.93. The molecule has 1 atom stereocenters. The van der Waals surface area contributed by atoms with Crippen LogP contribution in [0.25, 0.3) is 0 Å². The molecule has 0 fully saturated rings. The highest BCUT2D eigenvalue weighted by Crippen LogP contribution is 2.15. The van der Waals surface area contributed by atoms with Crippen LogP contribution in [-0.4, -0.2) is 11.9 Å². The van der Waals surface area contributed by atoms with Gasteiger partial charge in [0.1, 0.15) is 5.82 Å². The Labute approximate surface area is 124 Å². The monoisotopic (exact) mass is 286 g/mol. The van der Waals surface area contributed by atoms with Crippen molar-refractivity contribution in [2.45, 2.75) is 25.8 Å². The average Bonchev–Trinajstić information content (AvgIpc) is 2.48. The molecule has 0 spiro atoms. The van der Waals surface area contributed by atoms with Gasteiger partial charge >= 0.3 is 0 Å². The number of hydrogen-bond donors (Lipinski definition) is 2. The highest BCUT2D eigenvalue weighted by atomic mass is 19.1. The number of anilines is 1. The van der Waals surface area contributed by atoms with Gasteiger partial charge in [-0.1, -0.05) is 36.4 Å². The Kier molecular flexibility index (Phi) is 5.06. The normalized spacial score (nSPS) is 12.0. The lowest BCUT2D eigenvalue weighted by atomic mass is 10.1. The van der Waals surface area contributed by atoms with Crippen LogP contribution in [0.15, 0.2) is 48.5 Å². The molecule has 0 saturated carbocycles. The number of hydrogen-bond acceptors (Lipinski definition) is 2. The van der Waals surface area contributed by atoms with Crippen LogP contribution in [-0.2, 0) is 11.2 Å². The number of aryl methyl sites for hydroxylation is 2. The van der Waals surface area contributed by atoms with Gasteiger partial charge in [-0.25, -0.2) is 4.39 Å².